The lowest BCUT2D eigenvalue weighted by Crippen LogP contribution is -2.50. The molecular weight excluding hydrogens is 196 g/mol. The zero-order valence-corrected chi connectivity index (χ0v) is 7.67. The molecule has 1 atom stereocenters. The van der Waals surface area contributed by atoms with Gasteiger partial charge in [0.1, 0.15) is 0 Å². The van der Waals surface area contributed by atoms with Crippen LogP contribution in [0.1, 0.15) is 13.3 Å². The third-order valence-corrected chi connectivity index (χ3v) is 2.20. The maximum atomic E-state index is 13.0. The first-order valence-corrected chi connectivity index (χ1v) is 4.18. The summed E-state index contributed by atoms with van der Waals surface area (Å²) in [5.41, 5.74) is 0. The molecule has 0 radical (unpaired) electrons. The molecule has 6 heteroatoms. The predicted molar refractivity (Wildman–Crippen MR) is 42.9 cm³/mol. The van der Waals surface area contributed by atoms with Crippen LogP contribution in [-0.2, 0) is 9.59 Å². The molecule has 0 aromatic carbocycles. The average molecular weight is 207 g/mol. The van der Waals surface area contributed by atoms with Crippen LogP contribution in [0, 0.1) is 5.92 Å². The quantitative estimate of drug-likeness (QED) is 0.684. The number of aliphatic carboxylic acids is 1. The topological polar surface area (TPSA) is 57.6 Å². The van der Waals surface area contributed by atoms with Gasteiger partial charge in [0, 0.05) is 19.9 Å². The largest absolute Gasteiger partial charge is 0.481 e. The minimum absolute atomic E-state index is 0.125. The van der Waals surface area contributed by atoms with E-state index < -0.39 is 36.7 Å². The third kappa shape index (κ3) is 2.40. The second-order valence-electron chi connectivity index (χ2n) is 3.49. The summed E-state index contributed by atoms with van der Waals surface area (Å²) in [5.74, 6) is -6.05. The highest BCUT2D eigenvalue weighted by atomic mass is 19.3. The number of carbonyl (C=O) groups excluding carboxylic acids is 1. The van der Waals surface area contributed by atoms with Gasteiger partial charge >= 0.3 is 5.97 Å². The Balaban J connectivity index is 2.77. The van der Waals surface area contributed by atoms with Gasteiger partial charge in [0.25, 0.3) is 5.92 Å². The van der Waals surface area contributed by atoms with Crippen molar-refractivity contribution in [1.29, 1.82) is 0 Å². The van der Waals surface area contributed by atoms with Crippen LogP contribution in [0.25, 0.3) is 0 Å². The lowest BCUT2D eigenvalue weighted by Gasteiger charge is -2.35. The maximum absolute atomic E-state index is 13.0. The lowest BCUT2D eigenvalue weighted by molar-refractivity contribution is -0.158. The first-order chi connectivity index (χ1) is 6.32. The Morgan fingerprint density at radius 1 is 1.50 bits per heavy atom. The Morgan fingerprint density at radius 2 is 2.07 bits per heavy atom. The van der Waals surface area contributed by atoms with Crippen LogP contribution in [0.3, 0.4) is 0 Å². The van der Waals surface area contributed by atoms with Crippen molar-refractivity contribution in [2.24, 2.45) is 5.92 Å². The van der Waals surface area contributed by atoms with E-state index in [1.54, 1.807) is 0 Å². The van der Waals surface area contributed by atoms with Crippen molar-refractivity contribution < 1.29 is 23.5 Å². The van der Waals surface area contributed by atoms with Gasteiger partial charge in [-0.3, -0.25) is 9.59 Å². The SMILES string of the molecule is CC(=O)N1CC(C(=O)O)CC(F)(F)C1. The number of piperidine rings is 1. The zero-order valence-electron chi connectivity index (χ0n) is 7.67. The summed E-state index contributed by atoms with van der Waals surface area (Å²) in [6.07, 6.45) is -0.688. The molecular formula is C8H11F2NO3. The fourth-order valence-electron chi connectivity index (χ4n) is 1.50. The molecule has 0 aromatic rings. The van der Waals surface area contributed by atoms with Crippen molar-refractivity contribution in [1.82, 2.24) is 4.90 Å². The summed E-state index contributed by atoms with van der Waals surface area (Å²) in [5, 5.41) is 8.60. The number of alkyl halides is 2. The summed E-state index contributed by atoms with van der Waals surface area (Å²) in [7, 11) is 0. The number of nitrogens with zero attached hydrogens (tertiary/aromatic N) is 1. The van der Waals surface area contributed by atoms with E-state index >= 15 is 0 Å². The first-order valence-electron chi connectivity index (χ1n) is 4.18. The van der Waals surface area contributed by atoms with E-state index in [9.17, 15) is 18.4 Å². The van der Waals surface area contributed by atoms with Crippen LogP contribution in [0.2, 0.25) is 0 Å². The van der Waals surface area contributed by atoms with E-state index in [2.05, 4.69) is 0 Å². The van der Waals surface area contributed by atoms with E-state index in [1.165, 1.54) is 0 Å². The molecule has 1 heterocycles. The number of carboxylic acid groups (broad SMARTS) is 1. The average Bonchev–Trinajstić information content (AvgIpc) is 2.01. The number of likely N-dealkylation sites (tertiary alicyclic amines) is 1. The van der Waals surface area contributed by atoms with Crippen molar-refractivity contribution in [3.05, 3.63) is 0 Å². The minimum Gasteiger partial charge on any atom is -0.481 e. The van der Waals surface area contributed by atoms with Gasteiger partial charge in [0.2, 0.25) is 5.91 Å². The highest BCUT2D eigenvalue weighted by Gasteiger charge is 2.43. The molecule has 0 spiro atoms. The summed E-state index contributed by atoms with van der Waals surface area (Å²) in [4.78, 5) is 22.3. The van der Waals surface area contributed by atoms with E-state index in [0.717, 1.165) is 11.8 Å². The van der Waals surface area contributed by atoms with Gasteiger partial charge < -0.3 is 10.0 Å². The van der Waals surface area contributed by atoms with Gasteiger partial charge in [-0.2, -0.15) is 0 Å². The maximum Gasteiger partial charge on any atom is 0.308 e. The predicted octanol–water partition coefficient (Wildman–Crippen LogP) is 0.575. The van der Waals surface area contributed by atoms with E-state index in [1.807, 2.05) is 0 Å². The number of hydrogen-bond donors (Lipinski definition) is 1. The number of amides is 1. The van der Waals surface area contributed by atoms with Gasteiger partial charge in [0.05, 0.1) is 12.5 Å². The Labute approximate surface area is 79.5 Å². The molecule has 1 saturated heterocycles. The highest BCUT2D eigenvalue weighted by molar-refractivity contribution is 5.76. The fourth-order valence-corrected chi connectivity index (χ4v) is 1.50. The minimum atomic E-state index is -3.09. The molecule has 1 N–H and O–H groups in total. The molecule has 4 nitrogen and oxygen atoms in total. The van der Waals surface area contributed by atoms with Crippen molar-refractivity contribution in [2.45, 2.75) is 19.3 Å². The van der Waals surface area contributed by atoms with Gasteiger partial charge in [0.15, 0.2) is 0 Å². The van der Waals surface area contributed by atoms with Crippen molar-refractivity contribution >= 4 is 11.9 Å². The lowest BCUT2D eigenvalue weighted by atomic mass is 9.95. The van der Waals surface area contributed by atoms with Crippen LogP contribution >= 0.6 is 0 Å². The Kier molecular flexibility index (Phi) is 2.73. The second kappa shape index (κ2) is 3.51. The van der Waals surface area contributed by atoms with Crippen LogP contribution in [0.4, 0.5) is 8.78 Å². The van der Waals surface area contributed by atoms with Crippen LogP contribution in [0.15, 0.2) is 0 Å². The normalized spacial score (nSPS) is 25.9. The van der Waals surface area contributed by atoms with Crippen LogP contribution in [0.5, 0.6) is 0 Å². The third-order valence-electron chi connectivity index (χ3n) is 2.20. The Morgan fingerprint density at radius 3 is 2.50 bits per heavy atom. The molecule has 1 aliphatic rings. The number of carbonyl (C=O) groups is 2. The highest BCUT2D eigenvalue weighted by Crippen LogP contribution is 2.30. The standard InChI is InChI=1S/C8H11F2NO3/c1-5(12)11-3-6(7(13)14)2-8(9,10)4-11/h6H,2-4H2,1H3,(H,13,14). The number of carboxylic acids is 1. The second-order valence-corrected chi connectivity index (χ2v) is 3.49. The van der Waals surface area contributed by atoms with E-state index in [-0.39, 0.29) is 6.54 Å². The first kappa shape index (κ1) is 10.9. The van der Waals surface area contributed by atoms with Gasteiger partial charge in [-0.15, -0.1) is 0 Å². The van der Waals surface area contributed by atoms with Crippen LogP contribution in [-0.4, -0.2) is 40.9 Å². The van der Waals surface area contributed by atoms with Crippen molar-refractivity contribution in [3.63, 3.8) is 0 Å². The van der Waals surface area contributed by atoms with Crippen molar-refractivity contribution in [2.75, 3.05) is 13.1 Å². The Hall–Kier alpha value is -1.20. The van der Waals surface area contributed by atoms with Gasteiger partial charge in [-0.1, -0.05) is 0 Å². The summed E-state index contributed by atoms with van der Waals surface area (Å²) < 4.78 is 25.9. The summed E-state index contributed by atoms with van der Waals surface area (Å²) in [6.45, 7) is 0.354. The molecule has 1 amide bonds. The number of halogens is 2. The number of hydrogen-bond acceptors (Lipinski definition) is 2. The molecule has 1 aliphatic heterocycles. The molecule has 1 rings (SSSR count). The molecule has 0 bridgehead atoms. The molecule has 80 valence electrons. The van der Waals surface area contributed by atoms with Crippen LogP contribution < -0.4 is 0 Å². The number of rotatable bonds is 1. The molecule has 14 heavy (non-hydrogen) atoms. The molecule has 1 unspecified atom stereocenters. The van der Waals surface area contributed by atoms with Gasteiger partial charge in [-0.05, 0) is 0 Å². The summed E-state index contributed by atoms with van der Waals surface area (Å²) in [6, 6.07) is 0. The molecule has 0 aliphatic carbocycles. The van der Waals surface area contributed by atoms with Gasteiger partial charge in [-0.25, -0.2) is 8.78 Å². The molecule has 0 aromatic heterocycles. The monoisotopic (exact) mass is 207 g/mol. The summed E-state index contributed by atoms with van der Waals surface area (Å²) >= 11 is 0. The molecule has 1 fully saturated rings. The van der Waals surface area contributed by atoms with E-state index in [0.29, 0.717) is 0 Å². The van der Waals surface area contributed by atoms with E-state index in [4.69, 9.17) is 5.11 Å². The fraction of sp³-hybridized carbons (Fsp3) is 0.750. The zero-order chi connectivity index (χ0) is 10.9. The van der Waals surface area contributed by atoms with Crippen molar-refractivity contribution in [3.8, 4) is 0 Å². The smallest absolute Gasteiger partial charge is 0.308 e. The molecule has 0 saturated carbocycles. The Bertz CT molecular complexity index is 243.